The molecule has 0 bridgehead atoms. The molecule has 0 unspecified atom stereocenters. The molecule has 150 valence electrons. The number of hydrogen-bond donors (Lipinski definition) is 1. The number of rotatable bonds is 5. The molecule has 3 nitrogen and oxygen atoms in total. The van der Waals surface area contributed by atoms with Gasteiger partial charge >= 0.3 is 0 Å². The third-order valence-electron chi connectivity index (χ3n) is 4.52. The van der Waals surface area contributed by atoms with Gasteiger partial charge in [-0.2, -0.15) is 5.26 Å². The number of halogens is 3. The molecule has 0 spiro atoms. The molecular formula is C24H17Cl2FN2O. The van der Waals surface area contributed by atoms with Gasteiger partial charge in [-0.25, -0.2) is 4.39 Å². The molecule has 0 saturated carbocycles. The largest absolute Gasteiger partial charge is 0.321 e. The second kappa shape index (κ2) is 9.58. The van der Waals surface area contributed by atoms with E-state index >= 15 is 0 Å². The minimum atomic E-state index is -0.552. The lowest BCUT2D eigenvalue weighted by molar-refractivity contribution is -0.112. The molecule has 0 atom stereocenters. The molecule has 0 aliphatic heterocycles. The van der Waals surface area contributed by atoms with Crippen molar-refractivity contribution in [3.05, 3.63) is 104 Å². The molecule has 3 aromatic rings. The van der Waals surface area contributed by atoms with Crippen molar-refractivity contribution in [3.8, 4) is 6.07 Å². The fraction of sp³-hybridized carbons (Fsp3) is 0.0833. The number of amides is 1. The van der Waals surface area contributed by atoms with E-state index in [-0.39, 0.29) is 11.4 Å². The summed E-state index contributed by atoms with van der Waals surface area (Å²) in [5.74, 6) is -0.846. The summed E-state index contributed by atoms with van der Waals surface area (Å²) in [6.07, 6.45) is 1.79. The zero-order valence-corrected chi connectivity index (χ0v) is 17.6. The summed E-state index contributed by atoms with van der Waals surface area (Å²) in [5, 5.41) is 13.0. The first kappa shape index (κ1) is 21.6. The first-order chi connectivity index (χ1) is 14.4. The van der Waals surface area contributed by atoms with Gasteiger partial charge in [0.15, 0.2) is 0 Å². The second-order valence-corrected chi connectivity index (χ2v) is 7.52. The summed E-state index contributed by atoms with van der Waals surface area (Å²) in [5.41, 5.74) is 3.18. The van der Waals surface area contributed by atoms with E-state index < -0.39 is 5.91 Å². The average molecular weight is 439 g/mol. The minimum absolute atomic E-state index is 0.0791. The maximum Gasteiger partial charge on any atom is 0.266 e. The summed E-state index contributed by atoms with van der Waals surface area (Å²) in [7, 11) is 0. The Labute approximate surface area is 184 Å². The zero-order chi connectivity index (χ0) is 21.7. The van der Waals surface area contributed by atoms with Crippen LogP contribution in [0.4, 0.5) is 10.1 Å². The second-order valence-electron chi connectivity index (χ2n) is 6.71. The molecule has 3 rings (SSSR count). The van der Waals surface area contributed by atoms with E-state index in [1.165, 1.54) is 12.1 Å². The first-order valence-corrected chi connectivity index (χ1v) is 9.84. The van der Waals surface area contributed by atoms with Crippen molar-refractivity contribution in [3.63, 3.8) is 0 Å². The van der Waals surface area contributed by atoms with Crippen LogP contribution in [0.15, 0.2) is 66.2 Å². The maximum absolute atomic E-state index is 13.9. The van der Waals surface area contributed by atoms with Crippen molar-refractivity contribution in [2.45, 2.75) is 13.3 Å². The standard InChI is InChI=1S/C24H17Cl2FN2O/c1-15-6-9-20(13-21(15)25)29-24(30)19(14-28)10-16-7-8-17(22(26)11-16)12-18-4-2-3-5-23(18)27/h2-11,13H,12H2,1H3,(H,29,30)/b19-10+. The van der Waals surface area contributed by atoms with Crippen LogP contribution < -0.4 is 5.32 Å². The Bertz CT molecular complexity index is 1180. The Kier molecular flexibility index (Phi) is 6.89. The van der Waals surface area contributed by atoms with Gasteiger partial charge in [-0.1, -0.05) is 59.6 Å². The fourth-order valence-corrected chi connectivity index (χ4v) is 3.26. The number of aryl methyl sites for hydroxylation is 1. The predicted octanol–water partition coefficient (Wildman–Crippen LogP) is 6.58. The highest BCUT2D eigenvalue weighted by Crippen LogP contribution is 2.24. The van der Waals surface area contributed by atoms with Crippen LogP contribution in [0.25, 0.3) is 6.08 Å². The smallest absolute Gasteiger partial charge is 0.266 e. The lowest BCUT2D eigenvalue weighted by Crippen LogP contribution is -2.13. The van der Waals surface area contributed by atoms with Gasteiger partial charge in [-0.05, 0) is 59.5 Å². The Morgan fingerprint density at radius 1 is 1.07 bits per heavy atom. The molecule has 30 heavy (non-hydrogen) atoms. The summed E-state index contributed by atoms with van der Waals surface area (Å²) >= 11 is 12.4. The highest BCUT2D eigenvalue weighted by molar-refractivity contribution is 6.32. The average Bonchev–Trinajstić information content (AvgIpc) is 2.72. The molecule has 3 aromatic carbocycles. The van der Waals surface area contributed by atoms with Crippen LogP contribution >= 0.6 is 23.2 Å². The summed E-state index contributed by atoms with van der Waals surface area (Å²) in [6.45, 7) is 1.86. The lowest BCUT2D eigenvalue weighted by Gasteiger charge is -2.08. The Balaban J connectivity index is 1.79. The zero-order valence-electron chi connectivity index (χ0n) is 16.0. The fourth-order valence-electron chi connectivity index (χ4n) is 2.83. The van der Waals surface area contributed by atoms with E-state index in [2.05, 4.69) is 5.32 Å². The van der Waals surface area contributed by atoms with Crippen molar-refractivity contribution in [1.29, 1.82) is 5.26 Å². The third-order valence-corrected chi connectivity index (χ3v) is 5.28. The van der Waals surface area contributed by atoms with Gasteiger partial charge < -0.3 is 5.32 Å². The molecule has 0 fully saturated rings. The van der Waals surface area contributed by atoms with Gasteiger partial charge in [0, 0.05) is 22.2 Å². The van der Waals surface area contributed by atoms with Gasteiger partial charge in [0.1, 0.15) is 17.5 Å². The molecule has 0 heterocycles. The Morgan fingerprint density at radius 3 is 2.50 bits per heavy atom. The van der Waals surface area contributed by atoms with Crippen LogP contribution in [-0.4, -0.2) is 5.91 Å². The highest BCUT2D eigenvalue weighted by atomic mass is 35.5. The van der Waals surface area contributed by atoms with Crippen molar-refractivity contribution in [1.82, 2.24) is 0 Å². The molecule has 0 aliphatic carbocycles. The number of anilines is 1. The third kappa shape index (κ3) is 5.27. The normalized spacial score (nSPS) is 11.1. The molecule has 1 N–H and O–H groups in total. The maximum atomic E-state index is 13.9. The van der Waals surface area contributed by atoms with Gasteiger partial charge in [-0.15, -0.1) is 0 Å². The first-order valence-electron chi connectivity index (χ1n) is 9.08. The number of nitrogens with zero attached hydrogens (tertiary/aromatic N) is 1. The Morgan fingerprint density at radius 2 is 1.83 bits per heavy atom. The van der Waals surface area contributed by atoms with Crippen LogP contribution in [0.3, 0.4) is 0 Å². The van der Waals surface area contributed by atoms with Crippen molar-refractivity contribution >= 4 is 40.9 Å². The van der Waals surface area contributed by atoms with Crippen molar-refractivity contribution in [2.24, 2.45) is 0 Å². The van der Waals surface area contributed by atoms with Crippen LogP contribution in [0.5, 0.6) is 0 Å². The highest BCUT2D eigenvalue weighted by Gasteiger charge is 2.12. The number of benzene rings is 3. The molecule has 1 amide bonds. The van der Waals surface area contributed by atoms with E-state index in [1.54, 1.807) is 54.6 Å². The van der Waals surface area contributed by atoms with Gasteiger partial charge in [0.2, 0.25) is 0 Å². The number of nitrogens with one attached hydrogen (secondary N) is 1. The van der Waals surface area contributed by atoms with Crippen molar-refractivity contribution in [2.75, 3.05) is 5.32 Å². The van der Waals surface area contributed by atoms with Gasteiger partial charge in [0.25, 0.3) is 5.91 Å². The molecule has 0 aromatic heterocycles. The van der Waals surface area contributed by atoms with E-state index in [0.29, 0.717) is 33.3 Å². The SMILES string of the molecule is Cc1ccc(NC(=O)/C(C#N)=C/c2ccc(Cc3ccccc3F)c(Cl)c2)cc1Cl. The molecule has 0 aliphatic rings. The number of hydrogen-bond acceptors (Lipinski definition) is 2. The predicted molar refractivity (Wildman–Crippen MR) is 119 cm³/mol. The Hall–Kier alpha value is -3.13. The van der Waals surface area contributed by atoms with Crippen LogP contribution in [0.2, 0.25) is 10.0 Å². The molecule has 0 saturated heterocycles. The summed E-state index contributed by atoms with van der Waals surface area (Å²) < 4.78 is 13.9. The van der Waals surface area contributed by atoms with E-state index in [9.17, 15) is 14.4 Å². The van der Waals surface area contributed by atoms with Crippen LogP contribution in [0.1, 0.15) is 22.3 Å². The molecule has 0 radical (unpaired) electrons. The molecular weight excluding hydrogens is 422 g/mol. The minimum Gasteiger partial charge on any atom is -0.321 e. The summed E-state index contributed by atoms with van der Waals surface area (Å²) in [4.78, 5) is 12.5. The summed E-state index contributed by atoms with van der Waals surface area (Å²) in [6, 6.07) is 18.7. The molecule has 6 heteroatoms. The number of nitriles is 1. The lowest BCUT2D eigenvalue weighted by atomic mass is 10.0. The quantitative estimate of drug-likeness (QED) is 0.361. The van der Waals surface area contributed by atoms with Crippen molar-refractivity contribution < 1.29 is 9.18 Å². The van der Waals surface area contributed by atoms with E-state index in [0.717, 1.165) is 11.1 Å². The van der Waals surface area contributed by atoms with E-state index in [4.69, 9.17) is 23.2 Å². The topological polar surface area (TPSA) is 52.9 Å². The van der Waals surface area contributed by atoms with Gasteiger partial charge in [-0.3, -0.25) is 4.79 Å². The van der Waals surface area contributed by atoms with Gasteiger partial charge in [0.05, 0.1) is 0 Å². The van der Waals surface area contributed by atoms with Crippen LogP contribution in [-0.2, 0) is 11.2 Å². The number of carbonyl (C=O) groups is 1. The van der Waals surface area contributed by atoms with Crippen LogP contribution in [0, 0.1) is 24.1 Å². The number of carbonyl (C=O) groups excluding carboxylic acids is 1. The van der Waals surface area contributed by atoms with E-state index in [1.807, 2.05) is 13.0 Å². The monoisotopic (exact) mass is 438 g/mol.